The quantitative estimate of drug-likeness (QED) is 0.773. The Morgan fingerprint density at radius 3 is 2.92 bits per heavy atom. The van der Waals surface area contributed by atoms with Crippen LogP contribution in [0.5, 0.6) is 0 Å². The fourth-order valence-corrected chi connectivity index (χ4v) is 3.49. The van der Waals surface area contributed by atoms with Gasteiger partial charge in [-0.25, -0.2) is 4.98 Å². The number of aromatic nitrogens is 2. The molecule has 1 N–H and O–H groups in total. The van der Waals surface area contributed by atoms with Crippen molar-refractivity contribution < 1.29 is 9.90 Å². The predicted octanol–water partition coefficient (Wildman–Crippen LogP) is 3.20. The number of amides is 1. The number of aliphatic hydroxyl groups is 1. The Labute approximate surface area is 152 Å². The fraction of sp³-hybridized carbons (Fsp3) is 0.286. The second-order valence-electron chi connectivity index (χ2n) is 6.86. The van der Waals surface area contributed by atoms with Gasteiger partial charge in [-0.2, -0.15) is 0 Å². The van der Waals surface area contributed by atoms with Gasteiger partial charge in [-0.05, 0) is 50.1 Å². The number of hydrogen-bond donors (Lipinski definition) is 1. The third-order valence-electron chi connectivity index (χ3n) is 4.84. The second-order valence-corrected chi connectivity index (χ2v) is 6.86. The Morgan fingerprint density at radius 2 is 2.15 bits per heavy atom. The zero-order valence-corrected chi connectivity index (χ0v) is 14.7. The molecule has 1 saturated heterocycles. The standard InChI is InChI=1S/C21H21N3O2/c1-14-6-7-19-17(10-14)18(21(26)24-9-3-5-16(25)13-24)11-20(23-19)15-4-2-8-22-12-15/h2,4,6-8,10-12,16,25H,3,5,9,13H2,1H3. The lowest BCUT2D eigenvalue weighted by atomic mass is 10.0. The van der Waals surface area contributed by atoms with Crippen molar-refractivity contribution >= 4 is 16.8 Å². The molecule has 132 valence electrons. The molecule has 1 atom stereocenters. The molecule has 1 fully saturated rings. The summed E-state index contributed by atoms with van der Waals surface area (Å²) in [6, 6.07) is 11.6. The van der Waals surface area contributed by atoms with Crippen LogP contribution in [0.4, 0.5) is 0 Å². The Morgan fingerprint density at radius 1 is 1.27 bits per heavy atom. The van der Waals surface area contributed by atoms with Crippen molar-refractivity contribution in [1.82, 2.24) is 14.9 Å². The number of aliphatic hydroxyl groups excluding tert-OH is 1. The average molecular weight is 347 g/mol. The average Bonchev–Trinajstić information content (AvgIpc) is 2.67. The fourth-order valence-electron chi connectivity index (χ4n) is 3.49. The molecule has 5 nitrogen and oxygen atoms in total. The molecule has 5 heteroatoms. The highest BCUT2D eigenvalue weighted by molar-refractivity contribution is 6.07. The molecular formula is C21H21N3O2. The summed E-state index contributed by atoms with van der Waals surface area (Å²) in [5.74, 6) is -0.0492. The summed E-state index contributed by atoms with van der Waals surface area (Å²) in [5, 5.41) is 10.8. The lowest BCUT2D eigenvalue weighted by Crippen LogP contribution is -2.42. The summed E-state index contributed by atoms with van der Waals surface area (Å²) < 4.78 is 0. The zero-order chi connectivity index (χ0) is 18.1. The van der Waals surface area contributed by atoms with Crippen LogP contribution in [0.3, 0.4) is 0 Å². The number of pyridine rings is 2. The molecule has 0 spiro atoms. The molecule has 1 aromatic carbocycles. The van der Waals surface area contributed by atoms with Crippen molar-refractivity contribution in [2.75, 3.05) is 13.1 Å². The zero-order valence-electron chi connectivity index (χ0n) is 14.7. The van der Waals surface area contributed by atoms with Crippen LogP contribution in [0.2, 0.25) is 0 Å². The van der Waals surface area contributed by atoms with Gasteiger partial charge in [-0.3, -0.25) is 9.78 Å². The third kappa shape index (κ3) is 3.18. The van der Waals surface area contributed by atoms with Crippen LogP contribution in [0.1, 0.15) is 28.8 Å². The number of β-amino-alcohol motifs (C(OH)–C–C–N with tert-alkyl or cyclic N) is 1. The summed E-state index contributed by atoms with van der Waals surface area (Å²) in [7, 11) is 0. The van der Waals surface area contributed by atoms with Crippen LogP contribution in [-0.2, 0) is 0 Å². The van der Waals surface area contributed by atoms with Gasteiger partial charge >= 0.3 is 0 Å². The maximum atomic E-state index is 13.2. The Kier molecular flexibility index (Phi) is 4.39. The maximum Gasteiger partial charge on any atom is 0.254 e. The van der Waals surface area contributed by atoms with Gasteiger partial charge in [0.25, 0.3) is 5.91 Å². The van der Waals surface area contributed by atoms with Gasteiger partial charge < -0.3 is 10.0 Å². The summed E-state index contributed by atoms with van der Waals surface area (Å²) in [6.07, 6.45) is 4.60. The molecule has 0 aliphatic carbocycles. The molecule has 0 bridgehead atoms. The molecule has 1 aliphatic rings. The van der Waals surface area contributed by atoms with E-state index in [2.05, 4.69) is 4.98 Å². The van der Waals surface area contributed by atoms with Gasteiger partial charge in [0.05, 0.1) is 22.9 Å². The van der Waals surface area contributed by atoms with E-state index in [1.165, 1.54) is 0 Å². The summed E-state index contributed by atoms with van der Waals surface area (Å²) in [6.45, 7) is 3.07. The number of carbonyl (C=O) groups is 1. The van der Waals surface area contributed by atoms with E-state index in [-0.39, 0.29) is 5.91 Å². The van der Waals surface area contributed by atoms with Crippen LogP contribution in [0.25, 0.3) is 22.2 Å². The number of rotatable bonds is 2. The summed E-state index contributed by atoms with van der Waals surface area (Å²) in [4.78, 5) is 23.9. The molecule has 3 heterocycles. The highest BCUT2D eigenvalue weighted by Crippen LogP contribution is 2.27. The molecule has 1 aliphatic heterocycles. The van der Waals surface area contributed by atoms with Gasteiger partial charge in [0.1, 0.15) is 0 Å². The number of likely N-dealkylation sites (tertiary alicyclic amines) is 1. The van der Waals surface area contributed by atoms with Crippen molar-refractivity contribution in [3.63, 3.8) is 0 Å². The number of aryl methyl sites for hydroxylation is 1. The molecule has 1 unspecified atom stereocenters. The van der Waals surface area contributed by atoms with Crippen molar-refractivity contribution in [2.24, 2.45) is 0 Å². The van der Waals surface area contributed by atoms with Crippen molar-refractivity contribution in [3.8, 4) is 11.3 Å². The van der Waals surface area contributed by atoms with Crippen LogP contribution < -0.4 is 0 Å². The van der Waals surface area contributed by atoms with Gasteiger partial charge in [0, 0.05) is 36.4 Å². The third-order valence-corrected chi connectivity index (χ3v) is 4.84. The van der Waals surface area contributed by atoms with E-state index in [9.17, 15) is 9.90 Å². The second kappa shape index (κ2) is 6.84. The van der Waals surface area contributed by atoms with Crippen LogP contribution in [0, 0.1) is 6.92 Å². The molecule has 3 aromatic rings. The monoisotopic (exact) mass is 347 g/mol. The highest BCUT2D eigenvalue weighted by Gasteiger charge is 2.25. The van der Waals surface area contributed by atoms with Gasteiger partial charge in [0.2, 0.25) is 0 Å². The minimum absolute atomic E-state index is 0.0492. The first-order chi connectivity index (χ1) is 12.6. The molecule has 0 radical (unpaired) electrons. The Bertz CT molecular complexity index is 956. The molecule has 2 aromatic heterocycles. The maximum absolute atomic E-state index is 13.2. The lowest BCUT2D eigenvalue weighted by molar-refractivity contribution is 0.0475. The minimum atomic E-state index is -0.444. The van der Waals surface area contributed by atoms with Gasteiger partial charge in [0.15, 0.2) is 0 Å². The Hall–Kier alpha value is -2.79. The first kappa shape index (κ1) is 16.7. The smallest absolute Gasteiger partial charge is 0.254 e. The number of nitrogens with zero attached hydrogens (tertiary/aromatic N) is 3. The number of fused-ring (bicyclic) bond motifs is 1. The van der Waals surface area contributed by atoms with E-state index < -0.39 is 6.10 Å². The number of benzene rings is 1. The normalized spacial score (nSPS) is 17.5. The minimum Gasteiger partial charge on any atom is -0.391 e. The SMILES string of the molecule is Cc1ccc2nc(-c3cccnc3)cc(C(=O)N3CCCC(O)C3)c2c1. The van der Waals surface area contributed by atoms with Crippen molar-refractivity contribution in [1.29, 1.82) is 0 Å². The Balaban J connectivity index is 1.85. The first-order valence-electron chi connectivity index (χ1n) is 8.91. The van der Waals surface area contributed by atoms with E-state index in [1.807, 2.05) is 43.3 Å². The van der Waals surface area contributed by atoms with Crippen LogP contribution in [0.15, 0.2) is 48.8 Å². The topological polar surface area (TPSA) is 66.3 Å². The molecule has 4 rings (SSSR count). The predicted molar refractivity (Wildman–Crippen MR) is 101 cm³/mol. The summed E-state index contributed by atoms with van der Waals surface area (Å²) >= 11 is 0. The molecule has 1 amide bonds. The molecule has 26 heavy (non-hydrogen) atoms. The lowest BCUT2D eigenvalue weighted by Gasteiger charge is -2.30. The van der Waals surface area contributed by atoms with Crippen molar-refractivity contribution in [2.45, 2.75) is 25.9 Å². The van der Waals surface area contributed by atoms with Gasteiger partial charge in [-0.1, -0.05) is 11.6 Å². The largest absolute Gasteiger partial charge is 0.391 e. The van der Waals surface area contributed by atoms with Crippen LogP contribution >= 0.6 is 0 Å². The number of carbonyl (C=O) groups excluding carboxylic acids is 1. The van der Waals surface area contributed by atoms with E-state index in [0.717, 1.165) is 40.6 Å². The highest BCUT2D eigenvalue weighted by atomic mass is 16.3. The molecular weight excluding hydrogens is 326 g/mol. The van der Waals surface area contributed by atoms with E-state index in [0.29, 0.717) is 18.7 Å². The van der Waals surface area contributed by atoms with E-state index >= 15 is 0 Å². The number of hydrogen-bond acceptors (Lipinski definition) is 4. The molecule has 0 saturated carbocycles. The van der Waals surface area contributed by atoms with Gasteiger partial charge in [-0.15, -0.1) is 0 Å². The van der Waals surface area contributed by atoms with E-state index in [1.54, 1.807) is 17.3 Å². The van der Waals surface area contributed by atoms with Crippen LogP contribution in [-0.4, -0.2) is 45.1 Å². The van der Waals surface area contributed by atoms with E-state index in [4.69, 9.17) is 4.98 Å². The first-order valence-corrected chi connectivity index (χ1v) is 8.91. The van der Waals surface area contributed by atoms with Crippen molar-refractivity contribution in [3.05, 3.63) is 59.9 Å². The summed E-state index contributed by atoms with van der Waals surface area (Å²) in [5.41, 5.74) is 4.11. The number of piperidine rings is 1.